The van der Waals surface area contributed by atoms with Crippen molar-refractivity contribution in [3.05, 3.63) is 47.0 Å². The van der Waals surface area contributed by atoms with E-state index in [2.05, 4.69) is 38.2 Å². The Morgan fingerprint density at radius 1 is 0.774 bits per heavy atom. The number of rotatable bonds is 5. The zero-order valence-corrected chi connectivity index (χ0v) is 19.4. The lowest BCUT2D eigenvalue weighted by atomic mass is 9.82. The van der Waals surface area contributed by atoms with Crippen LogP contribution in [-0.4, -0.2) is 34.5 Å². The predicted molar refractivity (Wildman–Crippen MR) is 125 cm³/mol. The molecular weight excluding hydrogens is 390 g/mol. The van der Waals surface area contributed by atoms with Crippen LogP contribution in [0.4, 0.5) is 0 Å². The zero-order valence-electron chi connectivity index (χ0n) is 19.4. The molecule has 0 aromatic heterocycles. The van der Waals surface area contributed by atoms with Crippen LogP contribution in [0.15, 0.2) is 30.3 Å². The van der Waals surface area contributed by atoms with E-state index in [0.29, 0.717) is 6.04 Å². The summed E-state index contributed by atoms with van der Waals surface area (Å²) in [6.45, 7) is 6.53. The van der Waals surface area contributed by atoms with Gasteiger partial charge in [-0.3, -0.25) is 0 Å². The molecule has 31 heavy (non-hydrogen) atoms. The smallest absolute Gasteiger partial charge is 0.130 e. The molecule has 0 radical (unpaired) electrons. The third-order valence-electron chi connectivity index (χ3n) is 6.32. The first-order chi connectivity index (χ1) is 14.9. The van der Waals surface area contributed by atoms with Crippen LogP contribution in [0.1, 0.15) is 36.6 Å². The molecule has 0 aliphatic carbocycles. The predicted octanol–water partition coefficient (Wildman–Crippen LogP) is 5.44. The van der Waals surface area contributed by atoms with Gasteiger partial charge in [0.25, 0.3) is 0 Å². The van der Waals surface area contributed by atoms with Gasteiger partial charge in [-0.15, -0.1) is 0 Å². The molecule has 3 aromatic rings. The Balaban J connectivity index is 2.16. The first-order valence-electron chi connectivity index (χ1n) is 10.6. The molecule has 1 heterocycles. The third-order valence-corrected chi connectivity index (χ3v) is 6.32. The van der Waals surface area contributed by atoms with Gasteiger partial charge in [-0.1, -0.05) is 6.07 Å². The summed E-state index contributed by atoms with van der Waals surface area (Å²) in [6.07, 6.45) is 0.888. The molecule has 4 rings (SSSR count). The number of aryl methyl sites for hydroxylation is 1. The highest BCUT2D eigenvalue weighted by atomic mass is 16.5. The van der Waals surface area contributed by atoms with Crippen molar-refractivity contribution in [3.63, 3.8) is 0 Å². The average Bonchev–Trinajstić information content (AvgIpc) is 2.77. The monoisotopic (exact) mass is 421 g/mol. The molecule has 0 saturated carbocycles. The van der Waals surface area contributed by atoms with Crippen molar-refractivity contribution in [1.82, 2.24) is 5.32 Å². The third kappa shape index (κ3) is 3.37. The molecule has 1 aliphatic heterocycles. The minimum absolute atomic E-state index is 0.179. The van der Waals surface area contributed by atoms with Crippen LogP contribution in [-0.2, 0) is 6.42 Å². The Labute approximate surface area is 184 Å². The van der Waals surface area contributed by atoms with Gasteiger partial charge in [-0.25, -0.2) is 0 Å². The topological polar surface area (TPSA) is 49.0 Å². The van der Waals surface area contributed by atoms with Crippen LogP contribution in [0.2, 0.25) is 0 Å². The van der Waals surface area contributed by atoms with Crippen molar-refractivity contribution < 1.29 is 18.9 Å². The minimum atomic E-state index is 0.179. The number of fused-ring (bicyclic) bond motifs is 2. The van der Waals surface area contributed by atoms with Gasteiger partial charge < -0.3 is 24.3 Å². The Bertz CT molecular complexity index is 1130. The van der Waals surface area contributed by atoms with Crippen molar-refractivity contribution in [2.24, 2.45) is 0 Å². The van der Waals surface area contributed by atoms with Crippen molar-refractivity contribution in [2.75, 3.05) is 28.4 Å². The summed E-state index contributed by atoms with van der Waals surface area (Å²) < 4.78 is 23.1. The molecule has 1 aliphatic rings. The van der Waals surface area contributed by atoms with Crippen molar-refractivity contribution >= 4 is 10.8 Å². The molecule has 5 nitrogen and oxygen atoms in total. The lowest BCUT2D eigenvalue weighted by Gasteiger charge is -2.33. The SMILES string of the molecule is COc1cc(OC)c2c(c1-c1ccc(OC)c3c(OC)ccc(C)c13)C[C@H](C)NC2C. The van der Waals surface area contributed by atoms with E-state index in [-0.39, 0.29) is 6.04 Å². The molecule has 0 spiro atoms. The molecule has 3 aromatic carbocycles. The minimum Gasteiger partial charge on any atom is -0.496 e. The molecule has 5 heteroatoms. The van der Waals surface area contributed by atoms with Crippen LogP contribution in [0.3, 0.4) is 0 Å². The molecule has 2 atom stereocenters. The Kier molecular flexibility index (Phi) is 5.71. The lowest BCUT2D eigenvalue weighted by molar-refractivity contribution is 0.371. The standard InChI is InChI=1S/C26H31NO4/c1-14-8-10-19(28-4)26-20(29-5)11-9-17(23(14)26)25-18-12-15(2)27-16(3)24(18)21(30-6)13-22(25)31-7/h8-11,13,15-16,27H,12H2,1-7H3/t15-,16?/m0/s1. The van der Waals surface area contributed by atoms with Crippen LogP contribution in [0.25, 0.3) is 21.9 Å². The normalized spacial score (nSPS) is 17.9. The second-order valence-corrected chi connectivity index (χ2v) is 8.19. The van der Waals surface area contributed by atoms with E-state index in [1.807, 2.05) is 18.2 Å². The van der Waals surface area contributed by atoms with E-state index < -0.39 is 0 Å². The van der Waals surface area contributed by atoms with Crippen LogP contribution in [0.5, 0.6) is 23.0 Å². The summed E-state index contributed by atoms with van der Waals surface area (Å²) >= 11 is 0. The van der Waals surface area contributed by atoms with E-state index in [0.717, 1.165) is 56.9 Å². The van der Waals surface area contributed by atoms with E-state index in [4.69, 9.17) is 18.9 Å². The number of hydrogen-bond acceptors (Lipinski definition) is 5. The molecule has 0 fully saturated rings. The Hall–Kier alpha value is -2.92. The number of benzene rings is 3. The fraction of sp³-hybridized carbons (Fsp3) is 0.385. The molecule has 164 valence electrons. The van der Waals surface area contributed by atoms with E-state index in [1.165, 1.54) is 11.1 Å². The summed E-state index contributed by atoms with van der Waals surface area (Å²) in [5.41, 5.74) is 5.85. The van der Waals surface area contributed by atoms with Crippen LogP contribution in [0, 0.1) is 6.92 Å². The number of hydrogen-bond donors (Lipinski definition) is 1. The summed E-state index contributed by atoms with van der Waals surface area (Å²) in [4.78, 5) is 0. The second-order valence-electron chi connectivity index (χ2n) is 8.19. The highest BCUT2D eigenvalue weighted by Crippen LogP contribution is 2.49. The first-order valence-corrected chi connectivity index (χ1v) is 10.6. The van der Waals surface area contributed by atoms with Crippen molar-refractivity contribution in [3.8, 4) is 34.1 Å². The highest BCUT2D eigenvalue weighted by Gasteiger charge is 2.30. The number of ether oxygens (including phenoxy) is 4. The largest absolute Gasteiger partial charge is 0.496 e. The Morgan fingerprint density at radius 2 is 1.39 bits per heavy atom. The quantitative estimate of drug-likeness (QED) is 0.594. The fourth-order valence-electron chi connectivity index (χ4n) is 5.04. The summed E-state index contributed by atoms with van der Waals surface area (Å²) in [5.74, 6) is 3.26. The maximum Gasteiger partial charge on any atom is 0.130 e. The van der Waals surface area contributed by atoms with Crippen molar-refractivity contribution in [2.45, 2.75) is 39.3 Å². The Morgan fingerprint density at radius 3 is 2.00 bits per heavy atom. The fourth-order valence-corrected chi connectivity index (χ4v) is 5.04. The van der Waals surface area contributed by atoms with Gasteiger partial charge in [0, 0.05) is 34.7 Å². The van der Waals surface area contributed by atoms with E-state index in [9.17, 15) is 0 Å². The van der Waals surface area contributed by atoms with Gasteiger partial charge >= 0.3 is 0 Å². The van der Waals surface area contributed by atoms with Gasteiger partial charge in [0.05, 0.1) is 33.8 Å². The second kappa shape index (κ2) is 8.31. The van der Waals surface area contributed by atoms with Crippen LogP contribution >= 0.6 is 0 Å². The lowest BCUT2D eigenvalue weighted by Crippen LogP contribution is -2.36. The summed E-state index contributed by atoms with van der Waals surface area (Å²) in [7, 11) is 6.83. The number of methoxy groups -OCH3 is 4. The molecular formula is C26H31NO4. The summed E-state index contributed by atoms with van der Waals surface area (Å²) in [6, 6.07) is 10.8. The number of nitrogens with one attached hydrogen (secondary N) is 1. The van der Waals surface area contributed by atoms with Gasteiger partial charge in [0.1, 0.15) is 23.0 Å². The molecule has 0 amide bonds. The van der Waals surface area contributed by atoms with Gasteiger partial charge in [0.15, 0.2) is 0 Å². The van der Waals surface area contributed by atoms with Crippen LogP contribution < -0.4 is 24.3 Å². The molecule has 0 saturated heterocycles. The van der Waals surface area contributed by atoms with E-state index >= 15 is 0 Å². The maximum absolute atomic E-state index is 5.92. The molecule has 1 N–H and O–H groups in total. The first kappa shape index (κ1) is 21.3. The maximum atomic E-state index is 5.92. The molecule has 0 bridgehead atoms. The van der Waals surface area contributed by atoms with E-state index in [1.54, 1.807) is 28.4 Å². The van der Waals surface area contributed by atoms with Crippen molar-refractivity contribution in [1.29, 1.82) is 0 Å². The zero-order chi connectivity index (χ0) is 22.3. The summed E-state index contributed by atoms with van der Waals surface area (Å²) in [5, 5.41) is 5.74. The highest BCUT2D eigenvalue weighted by molar-refractivity contribution is 6.07. The van der Waals surface area contributed by atoms with Gasteiger partial charge in [-0.05, 0) is 62.1 Å². The molecule has 1 unspecified atom stereocenters. The average molecular weight is 422 g/mol. The van der Waals surface area contributed by atoms with Gasteiger partial charge in [-0.2, -0.15) is 0 Å². The van der Waals surface area contributed by atoms with Gasteiger partial charge in [0.2, 0.25) is 0 Å².